The maximum Gasteiger partial charge on any atom is 0.319 e. The van der Waals surface area contributed by atoms with Crippen molar-refractivity contribution in [2.45, 2.75) is 57.8 Å². The van der Waals surface area contributed by atoms with E-state index < -0.39 is 9.15 Å². The van der Waals surface area contributed by atoms with Crippen LogP contribution in [0.4, 0.5) is 5.69 Å². The van der Waals surface area contributed by atoms with Gasteiger partial charge in [-0.15, -0.1) is 0 Å². The van der Waals surface area contributed by atoms with Crippen LogP contribution in [-0.4, -0.2) is 24.6 Å². The Labute approximate surface area is 148 Å². The van der Waals surface area contributed by atoms with E-state index in [2.05, 4.69) is 5.32 Å². The highest BCUT2D eigenvalue weighted by molar-refractivity contribution is 8.69. The van der Waals surface area contributed by atoms with Gasteiger partial charge in [0.25, 0.3) is 0 Å². The molecule has 0 radical (unpaired) electrons. The standard InChI is InChI=1S/C17H27NO4S2/c19-17(18-16-12-8-7-9-13-16)14-10-5-3-1-2-4-6-11-15-23-24(20,21)22/h7-9,12-13H,1-6,10-11,14-15H2,(H,18,19)(H,20,21,22). The third kappa shape index (κ3) is 12.4. The molecule has 0 bridgehead atoms. The first-order chi connectivity index (χ1) is 11.5. The van der Waals surface area contributed by atoms with Crippen LogP contribution in [-0.2, 0) is 13.9 Å². The minimum atomic E-state index is -3.87. The Morgan fingerprint density at radius 2 is 1.46 bits per heavy atom. The number of para-hydroxylation sites is 1. The number of amides is 1. The minimum Gasteiger partial charge on any atom is -0.326 e. The highest BCUT2D eigenvalue weighted by Crippen LogP contribution is 2.15. The average Bonchev–Trinajstić information content (AvgIpc) is 2.52. The second-order valence-corrected chi connectivity index (χ2v) is 9.21. The Hall–Kier alpha value is -1.05. The molecule has 0 heterocycles. The van der Waals surface area contributed by atoms with Gasteiger partial charge in [-0.2, -0.15) is 8.42 Å². The van der Waals surface area contributed by atoms with Gasteiger partial charge < -0.3 is 5.32 Å². The highest BCUT2D eigenvalue weighted by atomic mass is 33.1. The molecule has 5 nitrogen and oxygen atoms in total. The molecule has 1 amide bonds. The first kappa shape index (κ1) is 21.0. The van der Waals surface area contributed by atoms with Crippen molar-refractivity contribution in [1.82, 2.24) is 0 Å². The smallest absolute Gasteiger partial charge is 0.319 e. The lowest BCUT2D eigenvalue weighted by Gasteiger charge is -2.05. The molecular formula is C17H27NO4S2. The molecule has 0 atom stereocenters. The van der Waals surface area contributed by atoms with Gasteiger partial charge in [-0.3, -0.25) is 9.35 Å². The number of benzene rings is 1. The van der Waals surface area contributed by atoms with Gasteiger partial charge in [0.05, 0.1) is 0 Å². The van der Waals surface area contributed by atoms with Crippen LogP contribution in [0.2, 0.25) is 0 Å². The van der Waals surface area contributed by atoms with Gasteiger partial charge in [0, 0.05) is 17.9 Å². The summed E-state index contributed by atoms with van der Waals surface area (Å²) in [4.78, 5) is 11.7. The van der Waals surface area contributed by atoms with E-state index in [9.17, 15) is 13.2 Å². The summed E-state index contributed by atoms with van der Waals surface area (Å²) >= 11 is 0. The molecule has 7 heteroatoms. The van der Waals surface area contributed by atoms with Crippen LogP contribution in [0.15, 0.2) is 30.3 Å². The van der Waals surface area contributed by atoms with Crippen molar-refractivity contribution in [2.24, 2.45) is 0 Å². The number of carbonyl (C=O) groups excluding carboxylic acids is 1. The van der Waals surface area contributed by atoms with E-state index in [0.29, 0.717) is 23.0 Å². The molecule has 1 aromatic rings. The normalized spacial score (nSPS) is 11.4. The Morgan fingerprint density at radius 1 is 0.917 bits per heavy atom. The lowest BCUT2D eigenvalue weighted by molar-refractivity contribution is -0.116. The Kier molecular flexibility index (Phi) is 10.8. The SMILES string of the molecule is O=C(CCCCCCCCCCSS(=O)(=O)O)Nc1ccccc1. The number of carbonyl (C=O) groups is 1. The fourth-order valence-electron chi connectivity index (χ4n) is 2.36. The zero-order valence-corrected chi connectivity index (χ0v) is 15.6. The molecule has 0 aliphatic carbocycles. The van der Waals surface area contributed by atoms with Crippen LogP contribution in [0.5, 0.6) is 0 Å². The maximum absolute atomic E-state index is 11.7. The lowest BCUT2D eigenvalue weighted by Crippen LogP contribution is -2.10. The largest absolute Gasteiger partial charge is 0.326 e. The quantitative estimate of drug-likeness (QED) is 0.298. The molecule has 2 N–H and O–H groups in total. The molecule has 0 fully saturated rings. The molecule has 24 heavy (non-hydrogen) atoms. The summed E-state index contributed by atoms with van der Waals surface area (Å²) in [5, 5.41) is 2.88. The monoisotopic (exact) mass is 373 g/mol. The molecular weight excluding hydrogens is 346 g/mol. The number of hydrogen-bond donors (Lipinski definition) is 2. The van der Waals surface area contributed by atoms with E-state index in [0.717, 1.165) is 57.1 Å². The number of hydrogen-bond acceptors (Lipinski definition) is 4. The average molecular weight is 374 g/mol. The van der Waals surface area contributed by atoms with Gasteiger partial charge in [-0.25, -0.2) is 0 Å². The summed E-state index contributed by atoms with van der Waals surface area (Å²) in [6, 6.07) is 9.48. The summed E-state index contributed by atoms with van der Waals surface area (Å²) < 4.78 is 29.6. The molecule has 136 valence electrons. The first-order valence-electron chi connectivity index (χ1n) is 8.44. The van der Waals surface area contributed by atoms with E-state index in [1.165, 1.54) is 0 Å². The van der Waals surface area contributed by atoms with E-state index in [-0.39, 0.29) is 5.91 Å². The van der Waals surface area contributed by atoms with Crippen molar-refractivity contribution in [3.8, 4) is 0 Å². The van der Waals surface area contributed by atoms with Crippen LogP contribution in [0.3, 0.4) is 0 Å². The highest BCUT2D eigenvalue weighted by Gasteiger charge is 2.04. The van der Waals surface area contributed by atoms with Crippen LogP contribution in [0, 0.1) is 0 Å². The summed E-state index contributed by atoms with van der Waals surface area (Å²) in [6.07, 6.45) is 8.80. The number of unbranched alkanes of at least 4 members (excludes halogenated alkanes) is 7. The maximum atomic E-state index is 11.7. The molecule has 1 rings (SSSR count). The van der Waals surface area contributed by atoms with Gasteiger partial charge >= 0.3 is 9.15 Å². The summed E-state index contributed by atoms with van der Waals surface area (Å²) in [6.45, 7) is 0. The van der Waals surface area contributed by atoms with Crippen LogP contribution in [0.1, 0.15) is 57.8 Å². The van der Waals surface area contributed by atoms with Gasteiger partial charge in [0.15, 0.2) is 0 Å². The van der Waals surface area contributed by atoms with Gasteiger partial charge in [0.2, 0.25) is 5.91 Å². The van der Waals surface area contributed by atoms with Crippen molar-refractivity contribution >= 4 is 31.5 Å². The zero-order chi connectivity index (χ0) is 17.7. The molecule has 1 aromatic carbocycles. The number of nitrogens with one attached hydrogen (secondary N) is 1. The third-order valence-corrected chi connectivity index (χ3v) is 5.73. The van der Waals surface area contributed by atoms with E-state index in [1.807, 2.05) is 30.3 Å². The summed E-state index contributed by atoms with van der Waals surface area (Å²) in [7, 11) is -3.27. The van der Waals surface area contributed by atoms with Crippen molar-refractivity contribution in [2.75, 3.05) is 11.1 Å². The van der Waals surface area contributed by atoms with Crippen molar-refractivity contribution in [3.05, 3.63) is 30.3 Å². The molecule has 0 aliphatic heterocycles. The molecule has 0 saturated heterocycles. The Balaban J connectivity index is 1.87. The Bertz CT molecular complexity index is 561. The van der Waals surface area contributed by atoms with Crippen LogP contribution >= 0.6 is 10.8 Å². The predicted molar refractivity (Wildman–Crippen MR) is 101 cm³/mol. The lowest BCUT2D eigenvalue weighted by atomic mass is 10.1. The van der Waals surface area contributed by atoms with Gasteiger partial charge in [-0.1, -0.05) is 56.7 Å². The molecule has 0 aliphatic rings. The summed E-state index contributed by atoms with van der Waals surface area (Å²) in [5.41, 5.74) is 0.842. The second-order valence-electron chi connectivity index (χ2n) is 5.74. The van der Waals surface area contributed by atoms with Crippen LogP contribution < -0.4 is 5.32 Å². The predicted octanol–water partition coefficient (Wildman–Crippen LogP) is 4.67. The van der Waals surface area contributed by atoms with E-state index >= 15 is 0 Å². The Morgan fingerprint density at radius 3 is 2.04 bits per heavy atom. The van der Waals surface area contributed by atoms with E-state index in [1.54, 1.807) is 0 Å². The second kappa shape index (κ2) is 12.3. The third-order valence-electron chi connectivity index (χ3n) is 3.59. The van der Waals surface area contributed by atoms with Crippen molar-refractivity contribution in [1.29, 1.82) is 0 Å². The first-order valence-corrected chi connectivity index (χ1v) is 11.4. The number of rotatable bonds is 13. The topological polar surface area (TPSA) is 83.5 Å². The van der Waals surface area contributed by atoms with Gasteiger partial charge in [0.1, 0.15) is 0 Å². The van der Waals surface area contributed by atoms with Crippen molar-refractivity contribution in [3.63, 3.8) is 0 Å². The number of anilines is 1. The minimum absolute atomic E-state index is 0.0672. The molecule has 0 unspecified atom stereocenters. The molecule has 0 saturated carbocycles. The molecule has 0 spiro atoms. The van der Waals surface area contributed by atoms with Crippen LogP contribution in [0.25, 0.3) is 0 Å². The fraction of sp³-hybridized carbons (Fsp3) is 0.588. The summed E-state index contributed by atoms with van der Waals surface area (Å²) in [5.74, 6) is 0.521. The van der Waals surface area contributed by atoms with Gasteiger partial charge in [-0.05, 0) is 35.8 Å². The zero-order valence-electron chi connectivity index (χ0n) is 13.9. The van der Waals surface area contributed by atoms with Crippen molar-refractivity contribution < 1.29 is 17.8 Å². The molecule has 0 aromatic heterocycles. The van der Waals surface area contributed by atoms with E-state index in [4.69, 9.17) is 4.55 Å². The fourth-order valence-corrected chi connectivity index (χ4v) is 3.88.